The van der Waals surface area contributed by atoms with Gasteiger partial charge in [0.05, 0.1) is 12.7 Å². The fourth-order valence-electron chi connectivity index (χ4n) is 1.12. The molecule has 3 nitrogen and oxygen atoms in total. The van der Waals surface area contributed by atoms with Gasteiger partial charge in [-0.05, 0) is 19.8 Å². The van der Waals surface area contributed by atoms with E-state index < -0.39 is 5.97 Å². The van der Waals surface area contributed by atoms with E-state index in [9.17, 15) is 9.59 Å². The maximum Gasteiger partial charge on any atom is 0.341 e. The number of esters is 1. The predicted molar refractivity (Wildman–Crippen MR) is 54.9 cm³/mol. The summed E-state index contributed by atoms with van der Waals surface area (Å²) in [4.78, 5) is 22.1. The zero-order valence-electron chi connectivity index (χ0n) is 9.13. The van der Waals surface area contributed by atoms with Crippen molar-refractivity contribution < 1.29 is 14.3 Å². The van der Waals surface area contributed by atoms with Crippen LogP contribution >= 0.6 is 0 Å². The van der Waals surface area contributed by atoms with E-state index in [0.717, 1.165) is 25.7 Å². The molecule has 0 saturated carbocycles. The van der Waals surface area contributed by atoms with Crippen molar-refractivity contribution in [2.24, 2.45) is 0 Å². The van der Waals surface area contributed by atoms with Crippen molar-refractivity contribution in [3.05, 3.63) is 11.6 Å². The summed E-state index contributed by atoms with van der Waals surface area (Å²) in [6, 6.07) is 0. The van der Waals surface area contributed by atoms with Gasteiger partial charge in [0.15, 0.2) is 5.78 Å². The Bertz CT molecular complexity index is 229. The van der Waals surface area contributed by atoms with Crippen molar-refractivity contribution in [1.29, 1.82) is 0 Å². The number of carbonyl (C=O) groups is 2. The monoisotopic (exact) mass is 198 g/mol. The molecule has 0 aromatic heterocycles. The Morgan fingerprint density at radius 1 is 1.29 bits per heavy atom. The lowest BCUT2D eigenvalue weighted by atomic mass is 10.1. The maximum atomic E-state index is 11.1. The molecule has 0 fully saturated rings. The largest absolute Gasteiger partial charge is 0.465 e. The molecule has 0 aliphatic carbocycles. The third-order valence-electron chi connectivity index (χ3n) is 1.94. The summed E-state index contributed by atoms with van der Waals surface area (Å²) >= 11 is 0. The number of hydrogen-bond donors (Lipinski definition) is 0. The minimum Gasteiger partial charge on any atom is -0.465 e. The number of carbonyl (C=O) groups excluding carboxylic acids is 2. The van der Waals surface area contributed by atoms with Crippen LogP contribution in [0, 0.1) is 0 Å². The van der Waals surface area contributed by atoms with Gasteiger partial charge in [-0.3, -0.25) is 4.79 Å². The van der Waals surface area contributed by atoms with E-state index in [-0.39, 0.29) is 11.4 Å². The summed E-state index contributed by atoms with van der Waals surface area (Å²) < 4.78 is 4.50. The molecule has 0 unspecified atom stereocenters. The molecule has 0 aromatic rings. The van der Waals surface area contributed by atoms with Gasteiger partial charge in [0.2, 0.25) is 0 Å². The van der Waals surface area contributed by atoms with E-state index in [1.54, 1.807) is 6.08 Å². The molecule has 0 heterocycles. The molecule has 0 aliphatic heterocycles. The van der Waals surface area contributed by atoms with Crippen LogP contribution in [0.15, 0.2) is 11.6 Å². The van der Waals surface area contributed by atoms with Crippen LogP contribution in [0.1, 0.15) is 39.5 Å². The Hall–Kier alpha value is -1.12. The summed E-state index contributed by atoms with van der Waals surface area (Å²) in [5.41, 5.74) is 0.170. The first-order valence-corrected chi connectivity index (χ1v) is 4.92. The van der Waals surface area contributed by atoms with E-state index in [4.69, 9.17) is 0 Å². The van der Waals surface area contributed by atoms with Gasteiger partial charge in [-0.1, -0.05) is 25.8 Å². The van der Waals surface area contributed by atoms with Crippen LogP contribution in [-0.4, -0.2) is 18.9 Å². The van der Waals surface area contributed by atoms with Crippen molar-refractivity contribution >= 4 is 11.8 Å². The minimum atomic E-state index is -0.533. The summed E-state index contributed by atoms with van der Waals surface area (Å²) in [5.74, 6) is -0.762. The summed E-state index contributed by atoms with van der Waals surface area (Å²) in [6.07, 6.45) is 5.68. The zero-order chi connectivity index (χ0) is 11.0. The Kier molecular flexibility index (Phi) is 6.72. The van der Waals surface area contributed by atoms with E-state index in [1.165, 1.54) is 14.0 Å². The van der Waals surface area contributed by atoms with Gasteiger partial charge in [0, 0.05) is 0 Å². The van der Waals surface area contributed by atoms with Crippen LogP contribution in [0.2, 0.25) is 0 Å². The van der Waals surface area contributed by atoms with Crippen LogP contribution in [0.4, 0.5) is 0 Å². The maximum absolute atomic E-state index is 11.1. The van der Waals surface area contributed by atoms with E-state index in [1.807, 2.05) is 0 Å². The fraction of sp³-hybridized carbons (Fsp3) is 0.636. The highest BCUT2D eigenvalue weighted by molar-refractivity contribution is 6.16. The Labute approximate surface area is 85.1 Å². The lowest BCUT2D eigenvalue weighted by Gasteiger charge is -2.00. The molecule has 0 N–H and O–H groups in total. The van der Waals surface area contributed by atoms with Crippen molar-refractivity contribution in [2.45, 2.75) is 39.5 Å². The molecule has 0 aromatic carbocycles. The molecule has 80 valence electrons. The molecule has 0 spiro atoms. The van der Waals surface area contributed by atoms with Crippen LogP contribution < -0.4 is 0 Å². The van der Waals surface area contributed by atoms with Crippen molar-refractivity contribution in [3.63, 3.8) is 0 Å². The molecular weight excluding hydrogens is 180 g/mol. The van der Waals surface area contributed by atoms with E-state index >= 15 is 0 Å². The average molecular weight is 198 g/mol. The lowest BCUT2D eigenvalue weighted by molar-refractivity contribution is -0.137. The molecule has 0 radical (unpaired) electrons. The normalized spacial score (nSPS) is 11.2. The van der Waals surface area contributed by atoms with Crippen LogP contribution in [0.3, 0.4) is 0 Å². The number of methoxy groups -OCH3 is 1. The highest BCUT2D eigenvalue weighted by Gasteiger charge is 2.13. The molecular formula is C11H18O3. The first-order chi connectivity index (χ1) is 6.63. The Balaban J connectivity index is 4.20. The third kappa shape index (κ3) is 4.80. The van der Waals surface area contributed by atoms with Crippen molar-refractivity contribution in [3.8, 4) is 0 Å². The van der Waals surface area contributed by atoms with Gasteiger partial charge in [0.1, 0.15) is 0 Å². The predicted octanol–water partition coefficient (Wildman–Crippen LogP) is 2.26. The molecule has 0 saturated heterocycles. The molecule has 0 bridgehead atoms. The first-order valence-electron chi connectivity index (χ1n) is 4.92. The Morgan fingerprint density at radius 3 is 2.36 bits per heavy atom. The second kappa shape index (κ2) is 7.30. The molecule has 0 rings (SSSR count). The first kappa shape index (κ1) is 12.9. The summed E-state index contributed by atoms with van der Waals surface area (Å²) in [5, 5.41) is 0. The average Bonchev–Trinajstić information content (AvgIpc) is 2.16. The van der Waals surface area contributed by atoms with Crippen LogP contribution in [0.25, 0.3) is 0 Å². The van der Waals surface area contributed by atoms with Gasteiger partial charge >= 0.3 is 5.97 Å². The Morgan fingerprint density at radius 2 is 1.93 bits per heavy atom. The van der Waals surface area contributed by atoms with Crippen molar-refractivity contribution in [1.82, 2.24) is 0 Å². The SMILES string of the molecule is CCCCCC=C(C(C)=O)C(=O)OC. The number of allylic oxidation sites excluding steroid dienone is 1. The molecule has 3 heteroatoms. The number of ether oxygens (including phenoxy) is 1. The van der Waals surface area contributed by atoms with Gasteiger partial charge in [-0.15, -0.1) is 0 Å². The number of ketones is 1. The highest BCUT2D eigenvalue weighted by atomic mass is 16.5. The highest BCUT2D eigenvalue weighted by Crippen LogP contribution is 2.06. The minimum absolute atomic E-state index is 0.170. The quantitative estimate of drug-likeness (QED) is 0.216. The molecule has 0 aliphatic rings. The van der Waals surface area contributed by atoms with E-state index in [2.05, 4.69) is 11.7 Å². The second-order valence-corrected chi connectivity index (χ2v) is 3.16. The van der Waals surface area contributed by atoms with Crippen LogP contribution in [0.5, 0.6) is 0 Å². The number of unbranched alkanes of at least 4 members (excludes halogenated alkanes) is 3. The third-order valence-corrected chi connectivity index (χ3v) is 1.94. The van der Waals surface area contributed by atoms with Gasteiger partial charge in [-0.25, -0.2) is 4.79 Å². The van der Waals surface area contributed by atoms with Crippen LogP contribution in [-0.2, 0) is 14.3 Å². The fourth-order valence-corrected chi connectivity index (χ4v) is 1.12. The van der Waals surface area contributed by atoms with E-state index in [0.29, 0.717) is 0 Å². The van der Waals surface area contributed by atoms with Gasteiger partial charge in [0.25, 0.3) is 0 Å². The smallest absolute Gasteiger partial charge is 0.341 e. The summed E-state index contributed by atoms with van der Waals surface area (Å²) in [7, 11) is 1.28. The van der Waals surface area contributed by atoms with Crippen molar-refractivity contribution in [2.75, 3.05) is 7.11 Å². The lowest BCUT2D eigenvalue weighted by Crippen LogP contribution is -2.11. The summed E-state index contributed by atoms with van der Waals surface area (Å²) in [6.45, 7) is 3.48. The molecule has 14 heavy (non-hydrogen) atoms. The molecule has 0 atom stereocenters. The zero-order valence-corrected chi connectivity index (χ0v) is 9.13. The van der Waals surface area contributed by atoms with Gasteiger partial charge < -0.3 is 4.74 Å². The number of hydrogen-bond acceptors (Lipinski definition) is 3. The number of rotatable bonds is 6. The number of Topliss-reactive ketones (excluding diaryl/α,β-unsaturated/α-hetero) is 1. The molecule has 0 amide bonds. The van der Waals surface area contributed by atoms with Gasteiger partial charge in [-0.2, -0.15) is 0 Å². The second-order valence-electron chi connectivity index (χ2n) is 3.16. The topological polar surface area (TPSA) is 43.4 Å². The standard InChI is InChI=1S/C11H18O3/c1-4-5-6-7-8-10(9(2)12)11(13)14-3/h8H,4-7H2,1-3H3.